The Bertz CT molecular complexity index is 594. The predicted molar refractivity (Wildman–Crippen MR) is 101 cm³/mol. The summed E-state index contributed by atoms with van der Waals surface area (Å²) < 4.78 is 0. The van der Waals surface area contributed by atoms with Crippen molar-refractivity contribution >= 4 is 35.1 Å². The first-order valence-corrected chi connectivity index (χ1v) is 9.39. The molecule has 2 rings (SSSR count). The first-order valence-electron chi connectivity index (χ1n) is 8.63. The molecule has 25 heavy (non-hydrogen) atoms. The largest absolute Gasteiger partial charge is 0.353 e. The Morgan fingerprint density at radius 1 is 1.16 bits per heavy atom. The molecular weight excluding hydrogens is 361 g/mol. The number of urea groups is 1. The molecule has 0 aromatic heterocycles. The van der Waals surface area contributed by atoms with Crippen molar-refractivity contribution in [1.29, 1.82) is 0 Å². The summed E-state index contributed by atoms with van der Waals surface area (Å²) in [6, 6.07) is 5.48. The van der Waals surface area contributed by atoms with Crippen LogP contribution in [0.2, 0.25) is 10.0 Å². The number of likely N-dealkylation sites (tertiary alicyclic amines) is 1. The molecule has 0 saturated carbocycles. The number of rotatable bonds is 5. The maximum atomic E-state index is 12.2. The molecule has 0 aliphatic carbocycles. The standard InChI is InChI=1S/C18H25Cl2N3O2/c1-12(2)17(24)22-16-4-7-23(8-5-16)18(25)21-6-3-13-9-14(19)11-15(20)10-13/h9-12,16H,3-8H2,1-2H3,(H,21,25)(H,22,24). The zero-order valence-electron chi connectivity index (χ0n) is 14.6. The van der Waals surface area contributed by atoms with E-state index in [-0.39, 0.29) is 23.9 Å². The summed E-state index contributed by atoms with van der Waals surface area (Å²) in [7, 11) is 0. The molecule has 1 aliphatic heterocycles. The summed E-state index contributed by atoms with van der Waals surface area (Å²) in [5, 5.41) is 7.15. The molecule has 0 unspecified atom stereocenters. The van der Waals surface area contributed by atoms with Gasteiger partial charge in [0.15, 0.2) is 0 Å². The maximum absolute atomic E-state index is 12.2. The van der Waals surface area contributed by atoms with Crippen molar-refractivity contribution in [2.75, 3.05) is 19.6 Å². The first kappa shape index (κ1) is 19.9. The Morgan fingerprint density at radius 3 is 2.32 bits per heavy atom. The number of hydrogen-bond donors (Lipinski definition) is 2. The van der Waals surface area contributed by atoms with Crippen LogP contribution in [0.1, 0.15) is 32.3 Å². The second-order valence-electron chi connectivity index (χ2n) is 6.68. The molecule has 1 aromatic rings. The van der Waals surface area contributed by atoms with E-state index in [0.29, 0.717) is 36.1 Å². The Morgan fingerprint density at radius 2 is 1.76 bits per heavy atom. The number of nitrogens with one attached hydrogen (secondary N) is 2. The van der Waals surface area contributed by atoms with Gasteiger partial charge in [-0.2, -0.15) is 0 Å². The number of amides is 3. The number of carbonyl (C=O) groups excluding carboxylic acids is 2. The molecule has 1 aliphatic rings. The van der Waals surface area contributed by atoms with Crippen molar-refractivity contribution in [1.82, 2.24) is 15.5 Å². The molecule has 7 heteroatoms. The van der Waals surface area contributed by atoms with E-state index in [0.717, 1.165) is 18.4 Å². The van der Waals surface area contributed by atoms with Crippen LogP contribution in [0.5, 0.6) is 0 Å². The number of hydrogen-bond acceptors (Lipinski definition) is 2. The second kappa shape index (κ2) is 9.30. The Balaban J connectivity index is 1.71. The van der Waals surface area contributed by atoms with Gasteiger partial charge in [-0.25, -0.2) is 4.79 Å². The fourth-order valence-electron chi connectivity index (χ4n) is 2.78. The van der Waals surface area contributed by atoms with Gasteiger partial charge in [-0.15, -0.1) is 0 Å². The monoisotopic (exact) mass is 385 g/mol. The smallest absolute Gasteiger partial charge is 0.317 e. The molecular formula is C18H25Cl2N3O2. The van der Waals surface area contributed by atoms with Crippen molar-refractivity contribution in [2.24, 2.45) is 5.92 Å². The minimum absolute atomic E-state index is 0.0127. The van der Waals surface area contributed by atoms with E-state index in [1.807, 2.05) is 26.0 Å². The van der Waals surface area contributed by atoms with Gasteiger partial charge in [-0.05, 0) is 43.0 Å². The van der Waals surface area contributed by atoms with E-state index in [1.54, 1.807) is 11.0 Å². The van der Waals surface area contributed by atoms with Crippen molar-refractivity contribution in [3.8, 4) is 0 Å². The van der Waals surface area contributed by atoms with E-state index >= 15 is 0 Å². The third-order valence-electron chi connectivity index (χ3n) is 4.27. The lowest BCUT2D eigenvalue weighted by molar-refractivity contribution is -0.124. The third kappa shape index (κ3) is 6.40. The summed E-state index contributed by atoms with van der Waals surface area (Å²) in [6.07, 6.45) is 2.25. The molecule has 1 heterocycles. The number of piperidine rings is 1. The topological polar surface area (TPSA) is 61.4 Å². The van der Waals surface area contributed by atoms with Gasteiger partial charge in [0.1, 0.15) is 0 Å². The summed E-state index contributed by atoms with van der Waals surface area (Å²) in [5.74, 6) is 0.0596. The van der Waals surface area contributed by atoms with Crippen LogP contribution in [0.15, 0.2) is 18.2 Å². The highest BCUT2D eigenvalue weighted by atomic mass is 35.5. The Labute approximate surface area is 159 Å². The lowest BCUT2D eigenvalue weighted by atomic mass is 10.0. The van der Waals surface area contributed by atoms with Gasteiger partial charge in [0.2, 0.25) is 5.91 Å². The van der Waals surface area contributed by atoms with Gasteiger partial charge in [0.25, 0.3) is 0 Å². The number of benzene rings is 1. The van der Waals surface area contributed by atoms with Gasteiger partial charge >= 0.3 is 6.03 Å². The molecule has 0 atom stereocenters. The average Bonchev–Trinajstić information content (AvgIpc) is 2.54. The van der Waals surface area contributed by atoms with Crippen LogP contribution in [-0.4, -0.2) is 42.5 Å². The van der Waals surface area contributed by atoms with E-state index in [2.05, 4.69) is 10.6 Å². The molecule has 3 amide bonds. The van der Waals surface area contributed by atoms with Crippen LogP contribution in [0.4, 0.5) is 4.79 Å². The maximum Gasteiger partial charge on any atom is 0.317 e. The van der Waals surface area contributed by atoms with E-state index in [1.165, 1.54) is 0 Å². The normalized spacial score (nSPS) is 15.3. The molecule has 138 valence electrons. The van der Waals surface area contributed by atoms with E-state index < -0.39 is 0 Å². The van der Waals surface area contributed by atoms with Crippen molar-refractivity contribution < 1.29 is 9.59 Å². The second-order valence-corrected chi connectivity index (χ2v) is 7.56. The van der Waals surface area contributed by atoms with E-state index in [4.69, 9.17) is 23.2 Å². The molecule has 2 N–H and O–H groups in total. The Kier molecular flexibility index (Phi) is 7.38. The van der Waals surface area contributed by atoms with Crippen LogP contribution in [0, 0.1) is 5.92 Å². The van der Waals surface area contributed by atoms with E-state index in [9.17, 15) is 9.59 Å². The lowest BCUT2D eigenvalue weighted by Gasteiger charge is -2.32. The summed E-state index contributed by atoms with van der Waals surface area (Å²) in [6.45, 7) is 5.59. The van der Waals surface area contributed by atoms with Gasteiger partial charge < -0.3 is 15.5 Å². The first-order chi connectivity index (χ1) is 11.8. The van der Waals surface area contributed by atoms with Gasteiger partial charge in [0, 0.05) is 41.6 Å². The number of halogens is 2. The molecule has 1 aromatic carbocycles. The SMILES string of the molecule is CC(C)C(=O)NC1CCN(C(=O)NCCc2cc(Cl)cc(Cl)c2)CC1. The van der Waals surface area contributed by atoms with Crippen LogP contribution in [0.25, 0.3) is 0 Å². The average molecular weight is 386 g/mol. The number of nitrogens with zero attached hydrogens (tertiary/aromatic N) is 1. The van der Waals surface area contributed by atoms with Gasteiger partial charge in [-0.3, -0.25) is 4.79 Å². The predicted octanol–water partition coefficient (Wildman–Crippen LogP) is 3.48. The molecule has 0 radical (unpaired) electrons. The summed E-state index contributed by atoms with van der Waals surface area (Å²) in [4.78, 5) is 25.8. The zero-order valence-corrected chi connectivity index (χ0v) is 16.2. The van der Waals surface area contributed by atoms with Gasteiger partial charge in [0.05, 0.1) is 0 Å². The molecule has 5 nitrogen and oxygen atoms in total. The van der Waals surface area contributed by atoms with Crippen LogP contribution in [0.3, 0.4) is 0 Å². The van der Waals surface area contributed by atoms with Crippen LogP contribution < -0.4 is 10.6 Å². The highest BCUT2D eigenvalue weighted by Gasteiger charge is 2.24. The number of carbonyl (C=O) groups is 2. The highest BCUT2D eigenvalue weighted by molar-refractivity contribution is 6.34. The van der Waals surface area contributed by atoms with Crippen molar-refractivity contribution in [3.05, 3.63) is 33.8 Å². The highest BCUT2D eigenvalue weighted by Crippen LogP contribution is 2.19. The fraction of sp³-hybridized carbons (Fsp3) is 0.556. The van der Waals surface area contributed by atoms with Crippen LogP contribution in [-0.2, 0) is 11.2 Å². The lowest BCUT2D eigenvalue weighted by Crippen LogP contribution is -2.50. The Hall–Kier alpha value is -1.46. The van der Waals surface area contributed by atoms with Crippen molar-refractivity contribution in [3.63, 3.8) is 0 Å². The van der Waals surface area contributed by atoms with Crippen molar-refractivity contribution in [2.45, 2.75) is 39.2 Å². The van der Waals surface area contributed by atoms with Crippen LogP contribution >= 0.6 is 23.2 Å². The minimum Gasteiger partial charge on any atom is -0.353 e. The van der Waals surface area contributed by atoms with Gasteiger partial charge in [-0.1, -0.05) is 37.0 Å². The summed E-state index contributed by atoms with van der Waals surface area (Å²) >= 11 is 11.9. The molecule has 1 saturated heterocycles. The molecule has 1 fully saturated rings. The minimum atomic E-state index is -0.0678. The molecule has 0 bridgehead atoms. The molecule has 0 spiro atoms. The third-order valence-corrected chi connectivity index (χ3v) is 4.70. The summed E-state index contributed by atoms with van der Waals surface area (Å²) in [5.41, 5.74) is 0.993. The quantitative estimate of drug-likeness (QED) is 0.814. The zero-order chi connectivity index (χ0) is 18.4. The fourth-order valence-corrected chi connectivity index (χ4v) is 3.35.